The van der Waals surface area contributed by atoms with Crippen LogP contribution < -0.4 is 11.1 Å². The van der Waals surface area contributed by atoms with Gasteiger partial charge >= 0.3 is 0 Å². The molecule has 2 aromatic carbocycles. The van der Waals surface area contributed by atoms with Gasteiger partial charge in [-0.1, -0.05) is 34.1 Å². The zero-order valence-electron chi connectivity index (χ0n) is 22.5. The van der Waals surface area contributed by atoms with Gasteiger partial charge in [0.1, 0.15) is 33.4 Å². The van der Waals surface area contributed by atoms with Crippen molar-refractivity contribution >= 4 is 50.8 Å². The van der Waals surface area contributed by atoms with E-state index < -0.39 is 74.5 Å². The lowest BCUT2D eigenvalue weighted by atomic mass is 9.57. The quantitative estimate of drug-likeness (QED) is 0.143. The number of phenolic OH excluding ortho intramolecular Hbond substituents is 2. The number of Topliss-reactive ketones (excluding diaryl/α,β-unsaturated/α-hetero) is 2. The smallest absolute Gasteiger partial charge is 0.255 e. The highest BCUT2D eigenvalue weighted by molar-refractivity contribution is 9.09. The molecule has 0 saturated heterocycles. The van der Waals surface area contributed by atoms with Crippen molar-refractivity contribution in [3.63, 3.8) is 0 Å². The first-order chi connectivity index (χ1) is 19.7. The first-order valence-corrected chi connectivity index (χ1v) is 13.8. The zero-order chi connectivity index (χ0) is 30.8. The number of aliphatic hydroxyl groups is 3. The fourth-order valence-electron chi connectivity index (χ4n) is 6.31. The van der Waals surface area contributed by atoms with Crippen LogP contribution in [-0.4, -0.2) is 79.6 Å². The van der Waals surface area contributed by atoms with Gasteiger partial charge in [-0.2, -0.15) is 0 Å². The van der Waals surface area contributed by atoms with E-state index in [1.165, 1.54) is 49.3 Å². The number of alkyl halides is 1. The number of ketones is 2. The van der Waals surface area contributed by atoms with Crippen molar-refractivity contribution in [3.05, 3.63) is 70.0 Å². The van der Waals surface area contributed by atoms with Crippen LogP contribution in [0.15, 0.2) is 53.3 Å². The van der Waals surface area contributed by atoms with Crippen molar-refractivity contribution in [1.82, 2.24) is 4.90 Å². The van der Waals surface area contributed by atoms with Gasteiger partial charge in [-0.05, 0) is 62.2 Å². The van der Waals surface area contributed by atoms with Crippen LogP contribution in [0.1, 0.15) is 27.9 Å². The van der Waals surface area contributed by atoms with Gasteiger partial charge in [-0.15, -0.1) is 0 Å². The molecule has 2 amide bonds. The molecule has 3 aliphatic rings. The highest BCUT2D eigenvalue weighted by Gasteiger charge is 2.64. The molecule has 42 heavy (non-hydrogen) atoms. The third-order valence-corrected chi connectivity index (χ3v) is 9.21. The number of likely N-dealkylation sites (N-methyl/N-ethyl adjacent to an activating group) is 1. The Labute approximate surface area is 247 Å². The zero-order valence-corrected chi connectivity index (χ0v) is 24.0. The molecule has 1 saturated carbocycles. The number of carbonyl (C=O) groups excluding carboxylic acids is 4. The number of halogens is 1. The Morgan fingerprint density at radius 2 is 1.71 bits per heavy atom. The largest absolute Gasteiger partial charge is 0.508 e. The molecule has 0 spiro atoms. The van der Waals surface area contributed by atoms with Crippen molar-refractivity contribution in [2.75, 3.05) is 19.4 Å². The normalized spacial score (nSPS) is 26.0. The van der Waals surface area contributed by atoms with Gasteiger partial charge in [-0.3, -0.25) is 24.1 Å². The van der Waals surface area contributed by atoms with Gasteiger partial charge in [0.2, 0.25) is 11.7 Å². The van der Waals surface area contributed by atoms with E-state index in [4.69, 9.17) is 5.73 Å². The lowest BCUT2D eigenvalue weighted by Gasteiger charge is -2.50. The predicted octanol–water partition coefficient (Wildman–Crippen LogP) is 1.74. The molecule has 0 aliphatic heterocycles. The number of aromatic hydroxyl groups is 2. The standard InChI is InChI=1S/C29H28BrN3O9/c1-33(2)21-15-10-13-9-12-5-8-16(32-28(41)20(30)11-3-6-14(34)7-4-11)22(35)17(12)23(36)18(13)25(38)29(15,42)26(39)19(24(21)37)27(31)40/h3-8,13,15,20-21,34-36,39,42H,9-10H2,1-2H3,(H2,31,40)(H,32,41)/t13?,15?,20?,21-,29?/m0/s1. The summed E-state index contributed by atoms with van der Waals surface area (Å²) in [5, 5.41) is 57.1. The molecule has 8 N–H and O–H groups in total. The summed E-state index contributed by atoms with van der Waals surface area (Å²) in [6, 6.07) is 7.76. The molecule has 2 aromatic rings. The van der Waals surface area contributed by atoms with Gasteiger partial charge in [-0.25, -0.2) is 0 Å². The summed E-state index contributed by atoms with van der Waals surface area (Å²) in [5.74, 6) is -8.02. The van der Waals surface area contributed by atoms with Crippen molar-refractivity contribution in [1.29, 1.82) is 0 Å². The lowest BCUT2D eigenvalue weighted by molar-refractivity contribution is -0.153. The number of hydrogen-bond acceptors (Lipinski definition) is 10. The number of carbonyl (C=O) groups is 4. The number of nitrogens with one attached hydrogen (secondary N) is 1. The monoisotopic (exact) mass is 641 g/mol. The van der Waals surface area contributed by atoms with Crippen LogP contribution in [0.5, 0.6) is 11.5 Å². The molecule has 0 bridgehead atoms. The highest BCUT2D eigenvalue weighted by atomic mass is 79.9. The highest BCUT2D eigenvalue weighted by Crippen LogP contribution is 2.53. The number of benzene rings is 2. The maximum Gasteiger partial charge on any atom is 0.255 e. The Balaban J connectivity index is 1.56. The number of rotatable bonds is 5. The number of fused-ring (bicyclic) bond motifs is 3. The average Bonchev–Trinajstić information content (AvgIpc) is 2.91. The van der Waals surface area contributed by atoms with Crippen molar-refractivity contribution < 1.29 is 44.7 Å². The third kappa shape index (κ3) is 4.27. The number of nitrogens with zero attached hydrogens (tertiary/aromatic N) is 1. The van der Waals surface area contributed by atoms with Gasteiger partial charge in [0.15, 0.2) is 11.4 Å². The minimum absolute atomic E-state index is 0.0213. The summed E-state index contributed by atoms with van der Waals surface area (Å²) in [6.07, 6.45) is 0.105. The topological polar surface area (TPSA) is 211 Å². The molecule has 12 nitrogen and oxygen atoms in total. The Morgan fingerprint density at radius 3 is 2.31 bits per heavy atom. The van der Waals surface area contributed by atoms with Crippen molar-refractivity contribution in [3.8, 4) is 11.5 Å². The third-order valence-electron chi connectivity index (χ3n) is 8.27. The Kier molecular flexibility index (Phi) is 7.16. The second kappa shape index (κ2) is 10.3. The first kappa shape index (κ1) is 29.3. The number of amides is 2. The summed E-state index contributed by atoms with van der Waals surface area (Å²) < 4.78 is 0. The fourth-order valence-corrected chi connectivity index (χ4v) is 6.73. The van der Waals surface area contributed by atoms with Crippen LogP contribution in [0.2, 0.25) is 0 Å². The van der Waals surface area contributed by atoms with Gasteiger partial charge < -0.3 is 36.6 Å². The van der Waals surface area contributed by atoms with Gasteiger partial charge in [0.25, 0.3) is 5.91 Å². The average molecular weight is 642 g/mol. The maximum atomic E-state index is 13.9. The van der Waals surface area contributed by atoms with E-state index in [1.54, 1.807) is 6.07 Å². The molecule has 13 heteroatoms. The molecule has 4 unspecified atom stereocenters. The fraction of sp³-hybridized carbons (Fsp3) is 0.310. The molecule has 0 heterocycles. The van der Waals surface area contributed by atoms with E-state index in [9.17, 15) is 44.7 Å². The maximum absolute atomic E-state index is 13.9. The van der Waals surface area contributed by atoms with E-state index in [1.807, 2.05) is 0 Å². The number of aliphatic hydroxyl groups excluding tert-OH is 2. The second-order valence-electron chi connectivity index (χ2n) is 10.9. The van der Waals surface area contributed by atoms with Crippen LogP contribution in [0.25, 0.3) is 5.76 Å². The molecular weight excluding hydrogens is 614 g/mol. The molecule has 1 fully saturated rings. The number of anilines is 1. The summed E-state index contributed by atoms with van der Waals surface area (Å²) in [5.41, 5.74) is 2.19. The molecule has 5 atom stereocenters. The minimum atomic E-state index is -2.74. The van der Waals surface area contributed by atoms with Crippen molar-refractivity contribution in [2.24, 2.45) is 17.6 Å². The number of nitrogens with two attached hydrogens (primary N) is 1. The lowest BCUT2D eigenvalue weighted by Crippen LogP contribution is -2.65. The molecule has 220 valence electrons. The second-order valence-corrected chi connectivity index (χ2v) is 11.8. The van der Waals surface area contributed by atoms with Crippen LogP contribution in [-0.2, 0) is 25.6 Å². The number of phenols is 2. The van der Waals surface area contributed by atoms with Crippen LogP contribution in [0.4, 0.5) is 5.69 Å². The van der Waals surface area contributed by atoms with Crippen LogP contribution >= 0.6 is 15.9 Å². The molecule has 5 rings (SSSR count). The minimum Gasteiger partial charge on any atom is -0.508 e. The number of hydrogen-bond donors (Lipinski definition) is 7. The predicted molar refractivity (Wildman–Crippen MR) is 153 cm³/mol. The summed E-state index contributed by atoms with van der Waals surface area (Å²) in [7, 11) is 3.06. The van der Waals surface area contributed by atoms with Crippen molar-refractivity contribution in [2.45, 2.75) is 29.3 Å². The Bertz CT molecular complexity index is 1610. The molecule has 0 aromatic heterocycles. The summed E-state index contributed by atoms with van der Waals surface area (Å²) in [4.78, 5) is 52.7. The van der Waals surface area contributed by atoms with Gasteiger partial charge in [0.05, 0.1) is 17.3 Å². The van der Waals surface area contributed by atoms with E-state index in [0.717, 1.165) is 0 Å². The molecule has 3 aliphatic carbocycles. The summed E-state index contributed by atoms with van der Waals surface area (Å²) >= 11 is 3.28. The van der Waals surface area contributed by atoms with E-state index in [0.29, 0.717) is 11.1 Å². The Hall–Kier alpha value is -4.20. The first-order valence-electron chi connectivity index (χ1n) is 12.9. The molecule has 0 radical (unpaired) electrons. The van der Waals surface area contributed by atoms with Crippen LogP contribution in [0.3, 0.4) is 0 Å². The number of primary amides is 1. The van der Waals surface area contributed by atoms with E-state index in [-0.39, 0.29) is 35.4 Å². The van der Waals surface area contributed by atoms with Gasteiger partial charge in [0, 0.05) is 11.5 Å². The molecular formula is C29H28BrN3O9. The van der Waals surface area contributed by atoms with E-state index in [2.05, 4.69) is 21.2 Å². The summed E-state index contributed by atoms with van der Waals surface area (Å²) in [6.45, 7) is 0. The Morgan fingerprint density at radius 1 is 1.07 bits per heavy atom. The SMILES string of the molecule is CN(C)[C@@H]1C(=O)C(C(N)=O)=C(O)C2(O)C(=O)C3=C(O)c4c(ccc(NC(=O)C(Br)c5ccc(O)cc5)c4O)CC3CC12. The van der Waals surface area contributed by atoms with E-state index >= 15 is 0 Å². The van der Waals surface area contributed by atoms with Crippen LogP contribution in [0, 0.1) is 11.8 Å².